The van der Waals surface area contributed by atoms with Gasteiger partial charge in [-0.1, -0.05) is 0 Å². The van der Waals surface area contributed by atoms with Gasteiger partial charge < -0.3 is 19.6 Å². The molecule has 0 amide bonds. The van der Waals surface area contributed by atoms with Crippen LogP contribution in [0.25, 0.3) is 0 Å². The maximum absolute atomic E-state index is 12.8. The molecule has 0 bridgehead atoms. The van der Waals surface area contributed by atoms with E-state index >= 15 is 0 Å². The summed E-state index contributed by atoms with van der Waals surface area (Å²) in [5, 5.41) is 9.73. The number of aromatic amines is 1. The Morgan fingerprint density at radius 3 is 2.44 bits per heavy atom. The van der Waals surface area contributed by atoms with Gasteiger partial charge in [0.05, 0.1) is 31.0 Å². The number of benzene rings is 1. The van der Waals surface area contributed by atoms with Gasteiger partial charge in [0.2, 0.25) is 5.82 Å². The van der Waals surface area contributed by atoms with Crippen molar-refractivity contribution < 1.29 is 27.8 Å². The number of fused-ring (bicyclic) bond motifs is 1. The number of rotatable bonds is 4. The number of halogens is 3. The zero-order valence-corrected chi connectivity index (χ0v) is 14.7. The lowest BCUT2D eigenvalue weighted by Gasteiger charge is -2.29. The Morgan fingerprint density at radius 1 is 1.26 bits per heavy atom. The lowest BCUT2D eigenvalue weighted by atomic mass is 10.0. The van der Waals surface area contributed by atoms with Gasteiger partial charge in [0.15, 0.2) is 0 Å². The van der Waals surface area contributed by atoms with E-state index in [9.17, 15) is 23.1 Å². The second kappa shape index (κ2) is 7.10. The van der Waals surface area contributed by atoms with Gasteiger partial charge in [-0.15, -0.1) is 0 Å². The second-order valence-corrected chi connectivity index (χ2v) is 6.13. The molecule has 0 aliphatic carbocycles. The SMILES string of the molecule is COc1cc(O)cc(OC)c1CN1CCc2nc(C(F)(F)F)[nH]c(=O)c2C1. The zero-order valence-electron chi connectivity index (χ0n) is 14.7. The topological polar surface area (TPSA) is 87.7 Å². The molecular weight excluding hydrogens is 367 g/mol. The van der Waals surface area contributed by atoms with Crippen LogP contribution in [0.3, 0.4) is 0 Å². The summed E-state index contributed by atoms with van der Waals surface area (Å²) in [6.45, 7) is 0.878. The van der Waals surface area contributed by atoms with Crippen molar-refractivity contribution in [3.05, 3.63) is 45.1 Å². The molecule has 3 rings (SSSR count). The number of methoxy groups -OCH3 is 2. The second-order valence-electron chi connectivity index (χ2n) is 6.13. The number of H-pyrrole nitrogens is 1. The van der Waals surface area contributed by atoms with Crippen molar-refractivity contribution in [3.63, 3.8) is 0 Å². The number of aromatic nitrogens is 2. The van der Waals surface area contributed by atoms with E-state index < -0.39 is 17.6 Å². The highest BCUT2D eigenvalue weighted by Gasteiger charge is 2.36. The summed E-state index contributed by atoms with van der Waals surface area (Å²) in [6.07, 6.45) is -4.48. The number of nitrogens with one attached hydrogen (secondary N) is 1. The van der Waals surface area contributed by atoms with Crippen molar-refractivity contribution in [1.29, 1.82) is 0 Å². The van der Waals surface area contributed by atoms with E-state index in [1.807, 2.05) is 9.88 Å². The first-order chi connectivity index (χ1) is 12.7. The molecule has 27 heavy (non-hydrogen) atoms. The van der Waals surface area contributed by atoms with Crippen LogP contribution in [0.1, 0.15) is 22.6 Å². The minimum Gasteiger partial charge on any atom is -0.508 e. The molecule has 146 valence electrons. The highest BCUT2D eigenvalue weighted by atomic mass is 19.4. The van der Waals surface area contributed by atoms with Crippen LogP contribution in [-0.2, 0) is 25.7 Å². The highest BCUT2D eigenvalue weighted by Crippen LogP contribution is 2.35. The summed E-state index contributed by atoms with van der Waals surface area (Å²) >= 11 is 0. The molecule has 2 N–H and O–H groups in total. The van der Waals surface area contributed by atoms with Gasteiger partial charge in [0, 0.05) is 38.2 Å². The van der Waals surface area contributed by atoms with E-state index in [4.69, 9.17) is 9.47 Å². The Morgan fingerprint density at radius 2 is 1.89 bits per heavy atom. The number of phenols is 1. The van der Waals surface area contributed by atoms with E-state index in [-0.39, 0.29) is 30.0 Å². The summed E-state index contributed by atoms with van der Waals surface area (Å²) in [5.74, 6) is -0.465. The minimum atomic E-state index is -4.70. The normalized spacial score (nSPS) is 14.7. The third kappa shape index (κ3) is 3.85. The van der Waals surface area contributed by atoms with Crippen LogP contribution in [0.5, 0.6) is 17.2 Å². The molecule has 2 aromatic rings. The highest BCUT2D eigenvalue weighted by molar-refractivity contribution is 5.50. The summed E-state index contributed by atoms with van der Waals surface area (Å²) in [4.78, 5) is 19.4. The Hall–Kier alpha value is -2.75. The average molecular weight is 385 g/mol. The molecule has 1 aliphatic rings. The predicted octanol–water partition coefficient (Wildman–Crippen LogP) is 2.07. The van der Waals surface area contributed by atoms with E-state index in [1.54, 1.807) is 0 Å². The number of nitrogens with zero attached hydrogens (tertiary/aromatic N) is 2. The molecule has 10 heteroatoms. The summed E-state index contributed by atoms with van der Waals surface area (Å²) in [5.41, 5.74) is 0.247. The third-order valence-corrected chi connectivity index (χ3v) is 4.39. The zero-order chi connectivity index (χ0) is 19.8. The summed E-state index contributed by atoms with van der Waals surface area (Å²) in [6, 6.07) is 2.89. The molecule has 0 unspecified atom stereocenters. The molecular formula is C17H18F3N3O4. The Balaban J connectivity index is 1.89. The molecule has 0 radical (unpaired) electrons. The fraction of sp³-hybridized carbons (Fsp3) is 0.412. The van der Waals surface area contributed by atoms with Crippen LogP contribution in [0, 0.1) is 0 Å². The molecule has 7 nitrogen and oxygen atoms in total. The monoisotopic (exact) mass is 385 g/mol. The molecule has 1 aromatic carbocycles. The van der Waals surface area contributed by atoms with Gasteiger partial charge in [-0.3, -0.25) is 9.69 Å². The van der Waals surface area contributed by atoms with Gasteiger partial charge >= 0.3 is 6.18 Å². The predicted molar refractivity (Wildman–Crippen MR) is 88.9 cm³/mol. The number of phenolic OH excluding ortho intramolecular Hbond substituents is 1. The number of ether oxygens (including phenoxy) is 2. The standard InChI is InChI=1S/C17H18F3N3O4/c1-26-13-5-9(24)6-14(27-2)11(13)8-23-4-3-12-10(7-23)15(25)22-16(21-12)17(18,19)20/h5-6,24H,3-4,7-8H2,1-2H3,(H,21,22,25). The Kier molecular flexibility index (Phi) is 5.01. The quantitative estimate of drug-likeness (QED) is 0.838. The fourth-order valence-electron chi connectivity index (χ4n) is 3.10. The first-order valence-corrected chi connectivity index (χ1v) is 8.08. The van der Waals surface area contributed by atoms with Crippen molar-refractivity contribution in [2.75, 3.05) is 20.8 Å². The lowest BCUT2D eigenvalue weighted by Crippen LogP contribution is -2.36. The van der Waals surface area contributed by atoms with Crippen molar-refractivity contribution in [3.8, 4) is 17.2 Å². The molecule has 0 atom stereocenters. The van der Waals surface area contributed by atoms with Crippen molar-refractivity contribution in [2.24, 2.45) is 0 Å². The molecule has 1 aliphatic heterocycles. The van der Waals surface area contributed by atoms with E-state index in [0.29, 0.717) is 30.2 Å². The summed E-state index contributed by atoms with van der Waals surface area (Å²) in [7, 11) is 2.91. The fourth-order valence-corrected chi connectivity index (χ4v) is 3.10. The molecule has 0 saturated heterocycles. The molecule has 1 aromatic heterocycles. The Labute approximate surface area is 152 Å². The van der Waals surface area contributed by atoms with Gasteiger partial charge in [-0.25, -0.2) is 4.98 Å². The number of hydrogen-bond acceptors (Lipinski definition) is 6. The van der Waals surface area contributed by atoms with Crippen molar-refractivity contribution >= 4 is 0 Å². The molecule has 0 fully saturated rings. The number of hydrogen-bond donors (Lipinski definition) is 2. The largest absolute Gasteiger partial charge is 0.508 e. The van der Waals surface area contributed by atoms with Gasteiger partial charge in [-0.05, 0) is 0 Å². The third-order valence-electron chi connectivity index (χ3n) is 4.39. The van der Waals surface area contributed by atoms with Crippen LogP contribution in [0.15, 0.2) is 16.9 Å². The summed E-state index contributed by atoms with van der Waals surface area (Å²) < 4.78 is 49.0. The van der Waals surface area contributed by atoms with Gasteiger partial charge in [-0.2, -0.15) is 13.2 Å². The molecule has 0 spiro atoms. The number of aromatic hydroxyl groups is 1. The van der Waals surface area contributed by atoms with Crippen molar-refractivity contribution in [1.82, 2.24) is 14.9 Å². The van der Waals surface area contributed by atoms with Crippen LogP contribution in [0.2, 0.25) is 0 Å². The smallest absolute Gasteiger partial charge is 0.449 e. The van der Waals surface area contributed by atoms with E-state index in [2.05, 4.69) is 4.98 Å². The molecule has 2 heterocycles. The van der Waals surface area contributed by atoms with E-state index in [0.717, 1.165) is 0 Å². The van der Waals surface area contributed by atoms with Gasteiger partial charge in [0.25, 0.3) is 5.56 Å². The number of alkyl halides is 3. The maximum Gasteiger partial charge on any atom is 0.449 e. The minimum absolute atomic E-state index is 0.0169. The first-order valence-electron chi connectivity index (χ1n) is 8.08. The van der Waals surface area contributed by atoms with Crippen LogP contribution in [0.4, 0.5) is 13.2 Å². The maximum atomic E-state index is 12.8. The van der Waals surface area contributed by atoms with Gasteiger partial charge in [0.1, 0.15) is 17.2 Å². The van der Waals surface area contributed by atoms with Crippen LogP contribution in [-0.4, -0.2) is 40.7 Å². The van der Waals surface area contributed by atoms with Crippen LogP contribution < -0.4 is 15.0 Å². The van der Waals surface area contributed by atoms with Crippen LogP contribution >= 0.6 is 0 Å². The van der Waals surface area contributed by atoms with E-state index in [1.165, 1.54) is 26.4 Å². The average Bonchev–Trinajstić information content (AvgIpc) is 2.62. The first kappa shape index (κ1) is 19.0. The van der Waals surface area contributed by atoms with Crippen molar-refractivity contribution in [2.45, 2.75) is 25.7 Å². The Bertz CT molecular complexity index is 886. The lowest BCUT2D eigenvalue weighted by molar-refractivity contribution is -0.145. The molecule has 0 saturated carbocycles.